The molecule has 236 valence electrons. The van der Waals surface area contributed by atoms with Gasteiger partial charge in [0.25, 0.3) is 5.91 Å². The first-order valence-corrected chi connectivity index (χ1v) is 16.3. The summed E-state index contributed by atoms with van der Waals surface area (Å²) in [5, 5.41) is 7.91. The number of oxime groups is 1. The van der Waals surface area contributed by atoms with Crippen molar-refractivity contribution in [1.82, 2.24) is 25.1 Å². The van der Waals surface area contributed by atoms with Gasteiger partial charge >= 0.3 is 5.97 Å². The van der Waals surface area contributed by atoms with Crippen molar-refractivity contribution in [2.75, 3.05) is 45.1 Å². The number of hydrogen-bond acceptors (Lipinski definition) is 10. The highest BCUT2D eigenvalue weighted by atomic mass is 32.2. The minimum Gasteiger partial charge on any atom is -0.466 e. The molecule has 0 saturated carbocycles. The molecule has 3 aromatic rings. The molecule has 0 aliphatic carbocycles. The third-order valence-corrected chi connectivity index (χ3v) is 8.89. The van der Waals surface area contributed by atoms with Crippen molar-refractivity contribution in [3.63, 3.8) is 0 Å². The molecule has 2 fully saturated rings. The summed E-state index contributed by atoms with van der Waals surface area (Å²) in [5.74, 6) is 0.398. The lowest BCUT2D eigenvalue weighted by Gasteiger charge is -2.36. The van der Waals surface area contributed by atoms with Gasteiger partial charge < -0.3 is 19.4 Å². The van der Waals surface area contributed by atoms with E-state index in [0.717, 1.165) is 5.56 Å². The Hall–Kier alpha value is -4.29. The van der Waals surface area contributed by atoms with E-state index in [-0.39, 0.29) is 29.2 Å². The van der Waals surface area contributed by atoms with Gasteiger partial charge in [-0.1, -0.05) is 29.4 Å². The lowest BCUT2D eigenvalue weighted by atomic mass is 9.97. The molecule has 2 unspecified atom stereocenters. The minimum atomic E-state index is -0.272. The Morgan fingerprint density at radius 2 is 1.67 bits per heavy atom. The van der Waals surface area contributed by atoms with Crippen LogP contribution >= 0.6 is 11.8 Å². The highest BCUT2D eigenvalue weighted by Crippen LogP contribution is 2.33. The molecule has 4 heterocycles. The standard InChI is InChI=1S/C33H38N6O5S/c1-2-43-29(40)13-5-6-20-44-37-30(24-9-7-14-34-21-24)26-11-3-4-12-27(26)32(41)38-16-18-39(19-17-38)33(42)28-23-45-31(36-28)25-10-8-15-35-22-25/h3-4,7-12,14-15,21-22,28,31,36H,2,5-6,13,16-20,23H2,1H3/b37-30+. The maximum atomic E-state index is 13.9. The fourth-order valence-corrected chi connectivity index (χ4v) is 6.49. The van der Waals surface area contributed by atoms with Crippen LogP contribution in [-0.4, -0.2) is 94.5 Å². The zero-order chi connectivity index (χ0) is 31.4. The summed E-state index contributed by atoms with van der Waals surface area (Å²) in [6, 6.07) is 14.6. The summed E-state index contributed by atoms with van der Waals surface area (Å²) in [7, 11) is 0. The number of hydrogen-bond donors (Lipinski definition) is 1. The molecule has 2 saturated heterocycles. The molecule has 0 spiro atoms. The Labute approximate surface area is 267 Å². The van der Waals surface area contributed by atoms with Crippen molar-refractivity contribution >= 4 is 35.3 Å². The molecule has 2 atom stereocenters. The minimum absolute atomic E-state index is 0.0382. The Bertz CT molecular complexity index is 1470. The first-order chi connectivity index (χ1) is 22.0. The second-order valence-corrected chi connectivity index (χ2v) is 11.8. The zero-order valence-electron chi connectivity index (χ0n) is 25.3. The van der Waals surface area contributed by atoms with Gasteiger partial charge in [0.05, 0.1) is 18.0 Å². The van der Waals surface area contributed by atoms with Gasteiger partial charge in [-0.3, -0.25) is 29.7 Å². The van der Waals surface area contributed by atoms with E-state index in [1.54, 1.807) is 48.2 Å². The highest BCUT2D eigenvalue weighted by Gasteiger charge is 2.35. The van der Waals surface area contributed by atoms with E-state index in [2.05, 4.69) is 20.4 Å². The number of rotatable bonds is 12. The van der Waals surface area contributed by atoms with Crippen molar-refractivity contribution in [2.45, 2.75) is 37.6 Å². The molecule has 1 N–H and O–H groups in total. The van der Waals surface area contributed by atoms with E-state index in [1.165, 1.54) is 0 Å². The van der Waals surface area contributed by atoms with E-state index in [4.69, 9.17) is 9.57 Å². The fourth-order valence-electron chi connectivity index (χ4n) is 5.27. The van der Waals surface area contributed by atoms with E-state index < -0.39 is 0 Å². The second-order valence-electron chi connectivity index (χ2n) is 10.7. The van der Waals surface area contributed by atoms with Gasteiger partial charge in [0.1, 0.15) is 12.3 Å². The van der Waals surface area contributed by atoms with E-state index in [1.807, 2.05) is 53.6 Å². The molecule has 2 aromatic heterocycles. The monoisotopic (exact) mass is 630 g/mol. The van der Waals surface area contributed by atoms with Crippen LogP contribution in [0.15, 0.2) is 78.5 Å². The molecule has 12 heteroatoms. The van der Waals surface area contributed by atoms with Crippen molar-refractivity contribution in [1.29, 1.82) is 0 Å². The summed E-state index contributed by atoms with van der Waals surface area (Å²) >= 11 is 1.71. The van der Waals surface area contributed by atoms with Gasteiger partial charge in [-0.05, 0) is 49.6 Å². The SMILES string of the molecule is CCOC(=O)CCCCO/N=C(\c1cccnc1)c1ccccc1C(=O)N1CCN(C(=O)C2CSC(c3cccnc3)N2)CC1. The number of unbranched alkanes of at least 4 members (excludes halogenated alkanes) is 1. The van der Waals surface area contributed by atoms with Crippen LogP contribution in [0.25, 0.3) is 0 Å². The van der Waals surface area contributed by atoms with Gasteiger partial charge in [-0.15, -0.1) is 11.8 Å². The van der Waals surface area contributed by atoms with Crippen molar-refractivity contribution in [3.05, 3.63) is 95.6 Å². The average molecular weight is 631 g/mol. The van der Waals surface area contributed by atoms with Crippen LogP contribution < -0.4 is 5.32 Å². The Kier molecular flexibility index (Phi) is 11.5. The van der Waals surface area contributed by atoms with Gasteiger partial charge in [-0.25, -0.2) is 0 Å². The van der Waals surface area contributed by atoms with E-state index in [9.17, 15) is 14.4 Å². The van der Waals surface area contributed by atoms with Crippen molar-refractivity contribution in [2.24, 2.45) is 5.16 Å². The molecular weight excluding hydrogens is 592 g/mol. The predicted octanol–water partition coefficient (Wildman–Crippen LogP) is 3.67. The lowest BCUT2D eigenvalue weighted by molar-refractivity contribution is -0.143. The van der Waals surface area contributed by atoms with Gasteiger partial charge in [-0.2, -0.15) is 0 Å². The number of benzene rings is 1. The fraction of sp³-hybridized carbons (Fsp3) is 0.394. The number of piperazine rings is 1. The van der Waals surface area contributed by atoms with Gasteiger partial charge in [0.15, 0.2) is 0 Å². The number of carbonyl (C=O) groups is 3. The van der Waals surface area contributed by atoms with Crippen LogP contribution in [0, 0.1) is 0 Å². The Morgan fingerprint density at radius 3 is 2.38 bits per heavy atom. The van der Waals surface area contributed by atoms with E-state index in [0.29, 0.717) is 86.8 Å². The van der Waals surface area contributed by atoms with Crippen molar-refractivity contribution < 1.29 is 24.0 Å². The van der Waals surface area contributed by atoms with E-state index >= 15 is 0 Å². The summed E-state index contributed by atoms with van der Waals surface area (Å²) in [6.45, 7) is 4.25. The maximum Gasteiger partial charge on any atom is 0.305 e. The van der Waals surface area contributed by atoms with Crippen LogP contribution in [0.3, 0.4) is 0 Å². The summed E-state index contributed by atoms with van der Waals surface area (Å²) in [4.78, 5) is 56.5. The largest absolute Gasteiger partial charge is 0.466 e. The summed E-state index contributed by atoms with van der Waals surface area (Å²) in [5.41, 5.74) is 3.40. The van der Waals surface area contributed by atoms with Gasteiger partial charge in [0.2, 0.25) is 5.91 Å². The molecule has 45 heavy (non-hydrogen) atoms. The molecule has 0 radical (unpaired) electrons. The first-order valence-electron chi connectivity index (χ1n) is 15.3. The molecular formula is C33H38N6O5S. The number of nitrogens with one attached hydrogen (secondary N) is 1. The number of ether oxygens (including phenoxy) is 1. The van der Waals surface area contributed by atoms with Crippen LogP contribution in [0.2, 0.25) is 0 Å². The molecule has 11 nitrogen and oxygen atoms in total. The number of pyridine rings is 2. The first kappa shape index (κ1) is 32.1. The quantitative estimate of drug-likeness (QED) is 0.138. The number of esters is 1. The number of thioether (sulfide) groups is 1. The smallest absolute Gasteiger partial charge is 0.305 e. The normalized spacial score (nSPS) is 18.5. The summed E-state index contributed by atoms with van der Waals surface area (Å²) in [6.07, 6.45) is 8.51. The predicted molar refractivity (Wildman–Crippen MR) is 172 cm³/mol. The Morgan fingerprint density at radius 1 is 0.933 bits per heavy atom. The van der Waals surface area contributed by atoms with Crippen LogP contribution in [0.1, 0.15) is 58.6 Å². The molecule has 0 bridgehead atoms. The highest BCUT2D eigenvalue weighted by molar-refractivity contribution is 7.99. The summed E-state index contributed by atoms with van der Waals surface area (Å²) < 4.78 is 4.97. The number of nitrogens with zero attached hydrogens (tertiary/aromatic N) is 5. The number of amides is 2. The Balaban J connectivity index is 1.21. The zero-order valence-corrected chi connectivity index (χ0v) is 26.2. The lowest BCUT2D eigenvalue weighted by Crippen LogP contribution is -2.54. The van der Waals surface area contributed by atoms with Crippen LogP contribution in [0.4, 0.5) is 0 Å². The molecule has 1 aromatic carbocycles. The topological polar surface area (TPSA) is 126 Å². The maximum absolute atomic E-state index is 13.9. The molecule has 2 amide bonds. The molecule has 5 rings (SSSR count). The average Bonchev–Trinajstić information content (AvgIpc) is 3.59. The van der Waals surface area contributed by atoms with Crippen LogP contribution in [0.5, 0.6) is 0 Å². The third kappa shape index (κ3) is 8.46. The molecule has 2 aliphatic rings. The van der Waals surface area contributed by atoms with Crippen molar-refractivity contribution in [3.8, 4) is 0 Å². The number of aromatic nitrogens is 2. The third-order valence-electron chi connectivity index (χ3n) is 7.62. The van der Waals surface area contributed by atoms with Gasteiger partial charge in [0, 0.05) is 79.8 Å². The number of carbonyl (C=O) groups excluding carboxylic acids is 3. The second kappa shape index (κ2) is 16.1. The molecule has 2 aliphatic heterocycles. The van der Waals surface area contributed by atoms with Crippen LogP contribution in [-0.2, 0) is 19.2 Å².